The summed E-state index contributed by atoms with van der Waals surface area (Å²) >= 11 is 0. The van der Waals surface area contributed by atoms with Crippen LogP contribution in [0.3, 0.4) is 0 Å². The van der Waals surface area contributed by atoms with Crippen molar-refractivity contribution >= 4 is 34.2 Å². The van der Waals surface area contributed by atoms with Gasteiger partial charge in [0.1, 0.15) is 24.5 Å². The summed E-state index contributed by atoms with van der Waals surface area (Å²) in [4.78, 5) is 26.5. The van der Waals surface area contributed by atoms with E-state index >= 15 is 0 Å². The number of para-hydroxylation sites is 1. The van der Waals surface area contributed by atoms with Crippen LogP contribution in [0.25, 0.3) is 11.0 Å². The molecule has 2 N–H and O–H groups in total. The lowest BCUT2D eigenvalue weighted by Crippen LogP contribution is -2.22. The third-order valence-corrected chi connectivity index (χ3v) is 5.78. The van der Waals surface area contributed by atoms with Gasteiger partial charge in [0.15, 0.2) is 11.5 Å². The number of fused-ring (bicyclic) bond motifs is 2. The van der Waals surface area contributed by atoms with Crippen LogP contribution in [0, 0.1) is 0 Å². The molecule has 0 fully saturated rings. The quantitative estimate of drug-likeness (QED) is 0.395. The van der Waals surface area contributed by atoms with Gasteiger partial charge in [0.25, 0.3) is 5.91 Å². The molecule has 0 bridgehead atoms. The molecule has 1 aromatic heterocycles. The summed E-state index contributed by atoms with van der Waals surface area (Å²) in [6.45, 7) is 2.90. The molecular weight excluding hydrogens is 432 g/mol. The van der Waals surface area contributed by atoms with Crippen LogP contribution in [-0.4, -0.2) is 25.0 Å². The summed E-state index contributed by atoms with van der Waals surface area (Å²) in [5.41, 5.74) is 2.31. The molecule has 5 rings (SSSR count). The van der Waals surface area contributed by atoms with Gasteiger partial charge in [-0.25, -0.2) is 0 Å². The number of anilines is 2. The second-order valence-electron chi connectivity index (χ2n) is 7.98. The first-order chi connectivity index (χ1) is 16.6. The Morgan fingerprint density at radius 3 is 2.41 bits per heavy atom. The fraction of sp³-hybridized carbons (Fsp3) is 0.185. The van der Waals surface area contributed by atoms with E-state index in [1.165, 1.54) is 0 Å². The molecule has 1 atom stereocenters. The zero-order valence-corrected chi connectivity index (χ0v) is 18.7. The van der Waals surface area contributed by atoms with Crippen molar-refractivity contribution in [2.75, 3.05) is 23.8 Å². The van der Waals surface area contributed by atoms with Crippen molar-refractivity contribution in [2.24, 2.45) is 0 Å². The molecule has 172 valence electrons. The van der Waals surface area contributed by atoms with Gasteiger partial charge in [-0.3, -0.25) is 9.59 Å². The molecule has 0 saturated carbocycles. The Morgan fingerprint density at radius 1 is 0.882 bits per heavy atom. The number of carbonyl (C=O) groups is 2. The van der Waals surface area contributed by atoms with Gasteiger partial charge >= 0.3 is 0 Å². The number of rotatable bonds is 6. The molecule has 2 heterocycles. The third-order valence-electron chi connectivity index (χ3n) is 5.78. The molecule has 0 spiro atoms. The van der Waals surface area contributed by atoms with Crippen LogP contribution in [0.1, 0.15) is 35.4 Å². The van der Waals surface area contributed by atoms with Crippen molar-refractivity contribution < 1.29 is 23.5 Å². The predicted molar refractivity (Wildman–Crippen MR) is 130 cm³/mol. The van der Waals surface area contributed by atoms with Gasteiger partial charge in [-0.1, -0.05) is 49.4 Å². The van der Waals surface area contributed by atoms with E-state index in [0.717, 1.165) is 5.56 Å². The number of hydrogen-bond acceptors (Lipinski definition) is 5. The highest BCUT2D eigenvalue weighted by Gasteiger charge is 2.26. The maximum atomic E-state index is 13.3. The fourth-order valence-corrected chi connectivity index (χ4v) is 4.11. The molecule has 0 aliphatic carbocycles. The number of carbonyl (C=O) groups excluding carboxylic acids is 2. The average molecular weight is 456 g/mol. The average Bonchev–Trinajstić information content (AvgIpc) is 3.23. The molecule has 0 radical (unpaired) electrons. The molecule has 1 aliphatic heterocycles. The number of nitrogens with one attached hydrogen (secondary N) is 2. The first-order valence-electron chi connectivity index (χ1n) is 11.2. The van der Waals surface area contributed by atoms with Crippen LogP contribution in [0.5, 0.6) is 11.5 Å². The molecule has 4 aromatic rings. The highest BCUT2D eigenvalue weighted by atomic mass is 16.6. The molecule has 0 saturated heterocycles. The van der Waals surface area contributed by atoms with Gasteiger partial charge in [0.05, 0.1) is 5.92 Å². The summed E-state index contributed by atoms with van der Waals surface area (Å²) in [5, 5.41) is 6.46. The van der Waals surface area contributed by atoms with Gasteiger partial charge in [-0.2, -0.15) is 0 Å². The summed E-state index contributed by atoms with van der Waals surface area (Å²) in [6.07, 6.45) is 0.615. The van der Waals surface area contributed by atoms with E-state index in [0.29, 0.717) is 53.5 Å². The molecule has 34 heavy (non-hydrogen) atoms. The standard InChI is InChI=1S/C27H24N2O5/c1-2-19(17-8-4-3-5-9-17)26(30)29-24-20-10-6-7-11-21(20)34-25(24)27(31)28-18-12-13-22-23(16-18)33-15-14-32-22/h3-13,16,19H,2,14-15H2,1H3,(H,28,31)(H,29,30)/t19-/m1/s1. The molecule has 0 unspecified atom stereocenters. The van der Waals surface area contributed by atoms with Crippen LogP contribution in [-0.2, 0) is 4.79 Å². The molecule has 7 heteroatoms. The van der Waals surface area contributed by atoms with Crippen LogP contribution in [0.15, 0.2) is 77.2 Å². The van der Waals surface area contributed by atoms with Crippen molar-refractivity contribution in [1.29, 1.82) is 0 Å². The Labute approximate surface area is 196 Å². The Kier molecular flexibility index (Phi) is 5.91. The molecule has 1 aliphatic rings. The van der Waals surface area contributed by atoms with Crippen molar-refractivity contribution in [3.63, 3.8) is 0 Å². The van der Waals surface area contributed by atoms with Crippen molar-refractivity contribution in [3.05, 3.63) is 84.1 Å². The highest BCUT2D eigenvalue weighted by Crippen LogP contribution is 2.35. The van der Waals surface area contributed by atoms with Gasteiger partial charge in [-0.05, 0) is 36.2 Å². The number of furan rings is 1. The minimum absolute atomic E-state index is 0.0346. The Morgan fingerprint density at radius 2 is 1.62 bits per heavy atom. The SMILES string of the molecule is CC[C@@H](C(=O)Nc1c(C(=O)Nc2ccc3c(c2)OCCO3)oc2ccccc12)c1ccccc1. The monoisotopic (exact) mass is 456 g/mol. The second kappa shape index (κ2) is 9.31. The van der Waals surface area contributed by atoms with E-state index in [2.05, 4.69) is 10.6 Å². The normalized spacial score (nSPS) is 13.3. The van der Waals surface area contributed by atoms with Crippen LogP contribution in [0.2, 0.25) is 0 Å². The molecule has 2 amide bonds. The van der Waals surface area contributed by atoms with E-state index in [1.54, 1.807) is 24.3 Å². The minimum atomic E-state index is -0.476. The van der Waals surface area contributed by atoms with Crippen molar-refractivity contribution in [1.82, 2.24) is 0 Å². The molecule has 3 aromatic carbocycles. The van der Waals surface area contributed by atoms with E-state index < -0.39 is 5.91 Å². The van der Waals surface area contributed by atoms with E-state index in [1.807, 2.05) is 55.5 Å². The molecular formula is C27H24N2O5. The first kappa shape index (κ1) is 21.6. The Balaban J connectivity index is 1.45. The fourth-order valence-electron chi connectivity index (χ4n) is 4.11. The highest BCUT2D eigenvalue weighted by molar-refractivity contribution is 6.15. The van der Waals surface area contributed by atoms with E-state index in [-0.39, 0.29) is 17.6 Å². The number of ether oxygens (including phenoxy) is 2. The predicted octanol–water partition coefficient (Wildman–Crippen LogP) is 5.59. The molecule has 7 nitrogen and oxygen atoms in total. The zero-order valence-electron chi connectivity index (χ0n) is 18.7. The van der Waals surface area contributed by atoms with E-state index in [9.17, 15) is 9.59 Å². The first-order valence-corrected chi connectivity index (χ1v) is 11.2. The number of hydrogen-bond donors (Lipinski definition) is 2. The van der Waals surface area contributed by atoms with Crippen LogP contribution < -0.4 is 20.1 Å². The van der Waals surface area contributed by atoms with Crippen molar-refractivity contribution in [2.45, 2.75) is 19.3 Å². The summed E-state index contributed by atoms with van der Waals surface area (Å²) < 4.78 is 17.0. The van der Waals surface area contributed by atoms with Crippen molar-refractivity contribution in [3.8, 4) is 11.5 Å². The minimum Gasteiger partial charge on any atom is -0.486 e. The van der Waals surface area contributed by atoms with Crippen LogP contribution in [0.4, 0.5) is 11.4 Å². The topological polar surface area (TPSA) is 89.8 Å². The summed E-state index contributed by atoms with van der Waals surface area (Å²) in [5.74, 6) is 0.198. The number of amides is 2. The maximum absolute atomic E-state index is 13.3. The lowest BCUT2D eigenvalue weighted by Gasteiger charge is -2.19. The Hall–Kier alpha value is -4.26. The van der Waals surface area contributed by atoms with Gasteiger partial charge in [-0.15, -0.1) is 0 Å². The summed E-state index contributed by atoms with van der Waals surface area (Å²) in [7, 11) is 0. The second-order valence-corrected chi connectivity index (χ2v) is 7.98. The Bertz CT molecular complexity index is 1350. The van der Waals surface area contributed by atoms with Gasteiger partial charge in [0, 0.05) is 17.1 Å². The smallest absolute Gasteiger partial charge is 0.293 e. The lowest BCUT2D eigenvalue weighted by molar-refractivity contribution is -0.117. The lowest BCUT2D eigenvalue weighted by atomic mass is 9.95. The number of benzene rings is 3. The largest absolute Gasteiger partial charge is 0.486 e. The van der Waals surface area contributed by atoms with E-state index in [4.69, 9.17) is 13.9 Å². The summed E-state index contributed by atoms with van der Waals surface area (Å²) in [6, 6.07) is 22.0. The van der Waals surface area contributed by atoms with Gasteiger partial charge in [0.2, 0.25) is 11.7 Å². The van der Waals surface area contributed by atoms with Gasteiger partial charge < -0.3 is 24.5 Å². The van der Waals surface area contributed by atoms with Crippen LogP contribution >= 0.6 is 0 Å². The zero-order chi connectivity index (χ0) is 23.5. The maximum Gasteiger partial charge on any atom is 0.293 e. The third kappa shape index (κ3) is 4.20.